The maximum absolute atomic E-state index is 12.9. The lowest BCUT2D eigenvalue weighted by atomic mass is 9.97. The molecule has 0 saturated carbocycles. The Hall–Kier alpha value is -2.21. The molecule has 0 bridgehead atoms. The molecule has 1 fully saturated rings. The first-order valence-corrected chi connectivity index (χ1v) is 9.25. The van der Waals surface area contributed by atoms with E-state index in [1.807, 2.05) is 23.2 Å². The molecule has 142 valence electrons. The number of fused-ring (bicyclic) bond motifs is 1. The van der Waals surface area contributed by atoms with Crippen LogP contribution in [0.1, 0.15) is 23.1 Å². The van der Waals surface area contributed by atoms with Crippen LogP contribution in [-0.2, 0) is 23.8 Å². The number of alkyl halides is 3. The Morgan fingerprint density at radius 3 is 2.59 bits per heavy atom. The first kappa shape index (κ1) is 18.2. The molecule has 0 spiro atoms. The first-order chi connectivity index (χ1) is 12.8. The molecule has 0 radical (unpaired) electrons. The highest BCUT2D eigenvalue weighted by molar-refractivity contribution is 6.31. The molecular formula is C20H18ClF3N2O. The Labute approximate surface area is 160 Å². The molecule has 4 rings (SSSR count). The third kappa shape index (κ3) is 3.38. The van der Waals surface area contributed by atoms with Gasteiger partial charge in [-0.05, 0) is 48.6 Å². The summed E-state index contributed by atoms with van der Waals surface area (Å²) in [5.41, 5.74) is 2.08. The van der Waals surface area contributed by atoms with E-state index in [0.717, 1.165) is 30.8 Å². The Bertz CT molecular complexity index is 884. The monoisotopic (exact) mass is 394 g/mol. The van der Waals surface area contributed by atoms with Crippen LogP contribution in [0.25, 0.3) is 0 Å². The van der Waals surface area contributed by atoms with Crippen molar-refractivity contribution in [2.75, 3.05) is 18.1 Å². The highest BCUT2D eigenvalue weighted by Gasteiger charge is 2.38. The number of nitrogens with zero attached hydrogens (tertiary/aromatic N) is 2. The smallest absolute Gasteiger partial charge is 0.282 e. The number of amides is 1. The molecule has 2 aromatic rings. The minimum absolute atomic E-state index is 0.00247. The van der Waals surface area contributed by atoms with Crippen molar-refractivity contribution in [2.24, 2.45) is 5.92 Å². The predicted molar refractivity (Wildman–Crippen MR) is 97.5 cm³/mol. The number of halogens is 4. The minimum Gasteiger partial charge on any atom is -0.282 e. The molecule has 1 saturated heterocycles. The topological polar surface area (TPSA) is 23.6 Å². The summed E-state index contributed by atoms with van der Waals surface area (Å²) in [7, 11) is 0. The van der Waals surface area contributed by atoms with Crippen LogP contribution < -0.4 is 5.01 Å². The van der Waals surface area contributed by atoms with Gasteiger partial charge in [-0.1, -0.05) is 35.9 Å². The lowest BCUT2D eigenvalue weighted by Gasteiger charge is -2.30. The van der Waals surface area contributed by atoms with E-state index in [2.05, 4.69) is 6.07 Å². The Morgan fingerprint density at radius 1 is 1.07 bits per heavy atom. The van der Waals surface area contributed by atoms with Crippen molar-refractivity contribution >= 4 is 23.2 Å². The molecule has 2 aliphatic heterocycles. The van der Waals surface area contributed by atoms with Gasteiger partial charge in [0.1, 0.15) is 0 Å². The van der Waals surface area contributed by atoms with E-state index in [1.165, 1.54) is 11.6 Å². The Balaban J connectivity index is 1.49. The molecule has 0 aromatic heterocycles. The SMILES string of the molecule is O=C1C(Cc2ccc(C(F)(F)F)cc2Cl)CCN1N1CCc2ccccc21. The average Bonchev–Trinajstić information content (AvgIpc) is 3.20. The van der Waals surface area contributed by atoms with Gasteiger partial charge >= 0.3 is 6.18 Å². The normalized spacial score (nSPS) is 19.7. The summed E-state index contributed by atoms with van der Waals surface area (Å²) in [5, 5.41) is 3.85. The van der Waals surface area contributed by atoms with Gasteiger partial charge in [-0.2, -0.15) is 13.2 Å². The number of hydrogen-bond acceptors (Lipinski definition) is 2. The predicted octanol–water partition coefficient (Wildman–Crippen LogP) is 4.73. The highest BCUT2D eigenvalue weighted by atomic mass is 35.5. The van der Waals surface area contributed by atoms with Gasteiger partial charge in [0.05, 0.1) is 11.3 Å². The number of benzene rings is 2. The summed E-state index contributed by atoms with van der Waals surface area (Å²) in [6.45, 7) is 1.37. The molecule has 0 aliphatic carbocycles. The van der Waals surface area contributed by atoms with Crippen LogP contribution in [0.2, 0.25) is 5.02 Å². The first-order valence-electron chi connectivity index (χ1n) is 8.87. The highest BCUT2D eigenvalue weighted by Crippen LogP contribution is 2.35. The van der Waals surface area contributed by atoms with Gasteiger partial charge in [0.15, 0.2) is 0 Å². The van der Waals surface area contributed by atoms with Crippen LogP contribution in [0, 0.1) is 5.92 Å². The Kier molecular flexibility index (Phi) is 4.54. The van der Waals surface area contributed by atoms with Crippen molar-refractivity contribution in [1.82, 2.24) is 5.01 Å². The van der Waals surface area contributed by atoms with Crippen LogP contribution >= 0.6 is 11.6 Å². The van der Waals surface area contributed by atoms with Crippen LogP contribution in [0.4, 0.5) is 18.9 Å². The van der Waals surface area contributed by atoms with E-state index in [4.69, 9.17) is 11.6 Å². The van der Waals surface area contributed by atoms with Gasteiger partial charge in [0, 0.05) is 24.0 Å². The van der Waals surface area contributed by atoms with Gasteiger partial charge in [0.2, 0.25) is 5.91 Å². The van der Waals surface area contributed by atoms with E-state index in [1.54, 1.807) is 5.01 Å². The summed E-state index contributed by atoms with van der Waals surface area (Å²) in [6.07, 6.45) is -2.52. The standard InChI is InChI=1S/C20H18ClF3N2O/c21-17-12-16(20(22,23)24)6-5-14(17)11-15-8-10-26(19(15)27)25-9-7-13-3-1-2-4-18(13)25/h1-6,12,15H,7-11H2. The van der Waals surface area contributed by atoms with Crippen molar-refractivity contribution in [3.63, 3.8) is 0 Å². The lowest BCUT2D eigenvalue weighted by molar-refractivity contribution is -0.137. The Morgan fingerprint density at radius 2 is 1.85 bits per heavy atom. The van der Waals surface area contributed by atoms with Crippen molar-refractivity contribution in [3.05, 3.63) is 64.2 Å². The van der Waals surface area contributed by atoms with Crippen LogP contribution in [0.5, 0.6) is 0 Å². The number of carbonyl (C=O) groups excluding carboxylic acids is 1. The molecule has 2 aliphatic rings. The van der Waals surface area contributed by atoms with Gasteiger partial charge in [-0.15, -0.1) is 0 Å². The third-order valence-corrected chi connectivity index (χ3v) is 5.65. The molecule has 0 N–H and O–H groups in total. The maximum atomic E-state index is 12.9. The maximum Gasteiger partial charge on any atom is 0.416 e. The van der Waals surface area contributed by atoms with Crippen LogP contribution in [0.15, 0.2) is 42.5 Å². The van der Waals surface area contributed by atoms with Gasteiger partial charge in [0.25, 0.3) is 0 Å². The molecule has 1 amide bonds. The van der Waals surface area contributed by atoms with E-state index < -0.39 is 11.7 Å². The second-order valence-corrected chi connectivity index (χ2v) is 7.36. The fourth-order valence-corrected chi connectivity index (χ4v) is 4.14. The summed E-state index contributed by atoms with van der Waals surface area (Å²) in [4.78, 5) is 12.9. The van der Waals surface area contributed by atoms with Gasteiger partial charge < -0.3 is 0 Å². The fourth-order valence-electron chi connectivity index (χ4n) is 3.88. The third-order valence-electron chi connectivity index (χ3n) is 5.29. The zero-order chi connectivity index (χ0) is 19.2. The summed E-state index contributed by atoms with van der Waals surface area (Å²) in [5.74, 6) is -0.269. The van der Waals surface area contributed by atoms with E-state index in [-0.39, 0.29) is 16.8 Å². The molecule has 3 nitrogen and oxygen atoms in total. The van der Waals surface area contributed by atoms with Gasteiger partial charge in [-0.25, -0.2) is 0 Å². The number of carbonyl (C=O) groups is 1. The molecule has 2 aromatic carbocycles. The molecule has 27 heavy (non-hydrogen) atoms. The number of hydrogen-bond donors (Lipinski definition) is 0. The number of hydrazine groups is 1. The fraction of sp³-hybridized carbons (Fsp3) is 0.350. The summed E-state index contributed by atoms with van der Waals surface area (Å²) >= 11 is 6.06. The van der Waals surface area contributed by atoms with E-state index in [9.17, 15) is 18.0 Å². The lowest BCUT2D eigenvalue weighted by Crippen LogP contribution is -2.43. The zero-order valence-electron chi connectivity index (χ0n) is 14.5. The molecule has 1 unspecified atom stereocenters. The second-order valence-electron chi connectivity index (χ2n) is 6.96. The van der Waals surface area contributed by atoms with Crippen LogP contribution in [-0.4, -0.2) is 24.0 Å². The number of rotatable bonds is 3. The molecular weight excluding hydrogens is 377 g/mol. The zero-order valence-corrected chi connectivity index (χ0v) is 15.2. The van der Waals surface area contributed by atoms with E-state index in [0.29, 0.717) is 24.9 Å². The summed E-state index contributed by atoms with van der Waals surface area (Å²) in [6, 6.07) is 11.4. The number of anilines is 1. The largest absolute Gasteiger partial charge is 0.416 e. The number of para-hydroxylation sites is 1. The van der Waals surface area contributed by atoms with Crippen molar-refractivity contribution < 1.29 is 18.0 Å². The minimum atomic E-state index is -4.43. The summed E-state index contributed by atoms with van der Waals surface area (Å²) < 4.78 is 38.4. The van der Waals surface area contributed by atoms with Crippen molar-refractivity contribution in [2.45, 2.75) is 25.4 Å². The molecule has 1 atom stereocenters. The molecule has 2 heterocycles. The molecule has 7 heteroatoms. The van der Waals surface area contributed by atoms with E-state index >= 15 is 0 Å². The van der Waals surface area contributed by atoms with Crippen molar-refractivity contribution in [3.8, 4) is 0 Å². The van der Waals surface area contributed by atoms with Crippen LogP contribution in [0.3, 0.4) is 0 Å². The average molecular weight is 395 g/mol. The second kappa shape index (κ2) is 6.75. The quantitative estimate of drug-likeness (QED) is 0.751. The van der Waals surface area contributed by atoms with Crippen molar-refractivity contribution in [1.29, 1.82) is 0 Å². The van der Waals surface area contributed by atoms with Gasteiger partial charge in [-0.3, -0.25) is 14.8 Å².